The molecule has 0 aliphatic heterocycles. The Balaban J connectivity index is 2.26. The quantitative estimate of drug-likeness (QED) is 0.920. The fourth-order valence-corrected chi connectivity index (χ4v) is 5.18. The monoisotopic (exact) mass is 299 g/mol. The molecule has 1 fully saturated rings. The van der Waals surface area contributed by atoms with E-state index >= 15 is 0 Å². The van der Waals surface area contributed by atoms with Gasteiger partial charge >= 0.3 is 0 Å². The van der Waals surface area contributed by atoms with Crippen molar-refractivity contribution in [2.24, 2.45) is 5.41 Å². The fourth-order valence-electron chi connectivity index (χ4n) is 2.97. The average Bonchev–Trinajstić information content (AvgIpc) is 2.66. The highest BCUT2D eigenvalue weighted by molar-refractivity contribution is 7.86. The highest BCUT2D eigenvalue weighted by Gasteiger charge is 2.44. The number of halogens is 1. The fraction of sp³-hybridized carbons (Fsp3) is 0.600. The lowest BCUT2D eigenvalue weighted by molar-refractivity contribution is 0.289. The summed E-state index contributed by atoms with van der Waals surface area (Å²) >= 11 is 6.18. The third kappa shape index (κ3) is 3.04. The number of nitrogens with one attached hydrogen (secondary N) is 1. The molecule has 106 valence electrons. The highest BCUT2D eigenvalue weighted by Crippen LogP contribution is 2.41. The van der Waals surface area contributed by atoms with E-state index in [1.165, 1.54) is 0 Å². The van der Waals surface area contributed by atoms with Crippen LogP contribution in [-0.2, 0) is 10.8 Å². The second-order valence-electron chi connectivity index (χ2n) is 5.83. The van der Waals surface area contributed by atoms with Crippen LogP contribution in [0.5, 0.6) is 0 Å². The third-order valence-corrected chi connectivity index (χ3v) is 6.33. The molecule has 1 aliphatic carbocycles. The molecule has 19 heavy (non-hydrogen) atoms. The van der Waals surface area contributed by atoms with Crippen molar-refractivity contribution in [3.8, 4) is 0 Å². The summed E-state index contributed by atoms with van der Waals surface area (Å²) in [6, 6.07) is 7.77. The van der Waals surface area contributed by atoms with Crippen molar-refractivity contribution in [3.63, 3.8) is 0 Å². The predicted molar refractivity (Wildman–Crippen MR) is 82.1 cm³/mol. The molecule has 0 spiro atoms. The van der Waals surface area contributed by atoms with E-state index in [1.54, 1.807) is 0 Å². The van der Waals surface area contributed by atoms with Crippen molar-refractivity contribution in [3.05, 3.63) is 29.3 Å². The summed E-state index contributed by atoms with van der Waals surface area (Å²) in [5.41, 5.74) is 0.192. The van der Waals surface area contributed by atoms with Gasteiger partial charge in [0.2, 0.25) is 0 Å². The van der Waals surface area contributed by atoms with Gasteiger partial charge in [-0.25, -0.2) is 0 Å². The highest BCUT2D eigenvalue weighted by atomic mass is 35.5. The molecular weight excluding hydrogens is 278 g/mol. The predicted octanol–water partition coefficient (Wildman–Crippen LogP) is 3.61. The van der Waals surface area contributed by atoms with Gasteiger partial charge in [0.15, 0.2) is 0 Å². The molecule has 4 heteroatoms. The molecule has 1 aromatic carbocycles. The van der Waals surface area contributed by atoms with Crippen LogP contribution in [0.4, 0.5) is 0 Å². The first kappa shape index (κ1) is 15.0. The number of hydrogen-bond acceptors (Lipinski definition) is 2. The van der Waals surface area contributed by atoms with Gasteiger partial charge in [-0.2, -0.15) is 0 Å². The summed E-state index contributed by atoms with van der Waals surface area (Å²) in [4.78, 5) is 0.773. The maximum absolute atomic E-state index is 12.8. The van der Waals surface area contributed by atoms with Crippen molar-refractivity contribution in [2.45, 2.75) is 49.8 Å². The summed E-state index contributed by atoms with van der Waals surface area (Å²) < 4.78 is 12.8. The van der Waals surface area contributed by atoms with Crippen LogP contribution in [0.1, 0.15) is 33.6 Å². The summed E-state index contributed by atoms with van der Waals surface area (Å²) in [7, 11) is -1.04. The molecule has 1 aromatic rings. The van der Waals surface area contributed by atoms with Crippen LogP contribution in [0.3, 0.4) is 0 Å². The van der Waals surface area contributed by atoms with E-state index in [0.717, 1.165) is 24.3 Å². The minimum absolute atomic E-state index is 0.148. The van der Waals surface area contributed by atoms with Crippen molar-refractivity contribution >= 4 is 22.4 Å². The lowest BCUT2D eigenvalue weighted by Gasteiger charge is -2.31. The van der Waals surface area contributed by atoms with Crippen LogP contribution in [0.15, 0.2) is 29.2 Å². The molecule has 3 atom stereocenters. The van der Waals surface area contributed by atoms with Gasteiger partial charge in [0.05, 0.1) is 26.0 Å². The van der Waals surface area contributed by atoms with Crippen molar-refractivity contribution < 1.29 is 4.21 Å². The lowest BCUT2D eigenvalue weighted by Crippen LogP contribution is -2.46. The molecule has 0 radical (unpaired) electrons. The number of rotatable bonds is 4. The standard InChI is InChI=1S/C15H22ClNOS/c1-4-17-14-13(9-10-15(14,2)3)19(18)12-8-6-5-7-11(12)16/h5-8,13-14,17H,4,9-10H2,1-3H3. The molecule has 0 amide bonds. The van der Waals surface area contributed by atoms with Crippen LogP contribution in [0.25, 0.3) is 0 Å². The zero-order valence-electron chi connectivity index (χ0n) is 11.8. The van der Waals surface area contributed by atoms with Gasteiger partial charge in [-0.1, -0.05) is 44.5 Å². The first-order chi connectivity index (χ1) is 8.97. The topological polar surface area (TPSA) is 29.1 Å². The average molecular weight is 300 g/mol. The third-order valence-electron chi connectivity index (χ3n) is 4.04. The molecule has 1 N–H and O–H groups in total. The smallest absolute Gasteiger partial charge is 0.0592 e. The van der Waals surface area contributed by atoms with Gasteiger partial charge < -0.3 is 5.32 Å². The zero-order chi connectivity index (χ0) is 14.0. The van der Waals surface area contributed by atoms with Crippen LogP contribution in [-0.4, -0.2) is 22.0 Å². The summed E-state index contributed by atoms with van der Waals surface area (Å²) in [5, 5.41) is 4.28. The van der Waals surface area contributed by atoms with Gasteiger partial charge in [0, 0.05) is 6.04 Å². The molecule has 0 bridgehead atoms. The van der Waals surface area contributed by atoms with Crippen molar-refractivity contribution in [2.75, 3.05) is 6.54 Å². The van der Waals surface area contributed by atoms with Crippen LogP contribution < -0.4 is 5.32 Å². The van der Waals surface area contributed by atoms with Gasteiger partial charge in [0.1, 0.15) is 0 Å². The molecule has 0 heterocycles. The second-order valence-corrected chi connectivity index (χ2v) is 7.88. The van der Waals surface area contributed by atoms with Crippen molar-refractivity contribution in [1.29, 1.82) is 0 Å². The molecule has 3 unspecified atom stereocenters. The van der Waals surface area contributed by atoms with Gasteiger partial charge in [0.25, 0.3) is 0 Å². The second kappa shape index (κ2) is 5.94. The minimum atomic E-state index is -1.04. The van der Waals surface area contributed by atoms with E-state index in [-0.39, 0.29) is 16.7 Å². The van der Waals surface area contributed by atoms with Gasteiger partial charge in [-0.15, -0.1) is 0 Å². The Bertz CT molecular complexity index is 475. The Morgan fingerprint density at radius 2 is 2.11 bits per heavy atom. The van der Waals surface area contributed by atoms with E-state index in [9.17, 15) is 4.21 Å². The molecule has 2 rings (SSSR count). The maximum Gasteiger partial charge on any atom is 0.0592 e. The van der Waals surface area contributed by atoms with Crippen LogP contribution >= 0.6 is 11.6 Å². The Hall–Kier alpha value is -0.380. The van der Waals surface area contributed by atoms with Crippen molar-refractivity contribution in [1.82, 2.24) is 5.32 Å². The van der Waals surface area contributed by atoms with E-state index in [1.807, 2.05) is 24.3 Å². The molecule has 2 nitrogen and oxygen atoms in total. The molecule has 0 saturated heterocycles. The molecule has 1 saturated carbocycles. The number of benzene rings is 1. The van der Waals surface area contributed by atoms with E-state index in [2.05, 4.69) is 26.1 Å². The van der Waals surface area contributed by atoms with Gasteiger partial charge in [-0.05, 0) is 36.9 Å². The first-order valence-corrected chi connectivity index (χ1v) is 8.45. The maximum atomic E-state index is 12.8. The molecule has 1 aliphatic rings. The summed E-state index contributed by atoms with van der Waals surface area (Å²) in [6.07, 6.45) is 2.09. The largest absolute Gasteiger partial charge is 0.313 e. The molecule has 0 aromatic heterocycles. The summed E-state index contributed by atoms with van der Waals surface area (Å²) in [5.74, 6) is 0. The number of hydrogen-bond donors (Lipinski definition) is 1. The summed E-state index contributed by atoms with van der Waals surface area (Å²) in [6.45, 7) is 7.52. The Kier molecular flexibility index (Phi) is 4.70. The Morgan fingerprint density at radius 1 is 1.42 bits per heavy atom. The lowest BCUT2D eigenvalue weighted by atomic mass is 9.87. The minimum Gasteiger partial charge on any atom is -0.313 e. The zero-order valence-corrected chi connectivity index (χ0v) is 13.4. The normalized spacial score (nSPS) is 27.4. The van der Waals surface area contributed by atoms with E-state index < -0.39 is 10.8 Å². The Morgan fingerprint density at radius 3 is 2.74 bits per heavy atom. The molecular formula is C15H22ClNOS. The first-order valence-electron chi connectivity index (χ1n) is 6.86. The van der Waals surface area contributed by atoms with E-state index in [0.29, 0.717) is 5.02 Å². The van der Waals surface area contributed by atoms with Crippen LogP contribution in [0.2, 0.25) is 5.02 Å². The Labute approximate surface area is 123 Å². The van der Waals surface area contributed by atoms with E-state index in [4.69, 9.17) is 11.6 Å². The van der Waals surface area contributed by atoms with Gasteiger partial charge in [-0.3, -0.25) is 4.21 Å². The van der Waals surface area contributed by atoms with Crippen LogP contribution in [0, 0.1) is 5.41 Å². The SMILES string of the molecule is CCNC1C(S(=O)c2ccccc2Cl)CCC1(C)C.